The Balaban J connectivity index is 1.94. The van der Waals surface area contributed by atoms with Crippen LogP contribution in [0.5, 0.6) is 0 Å². The van der Waals surface area contributed by atoms with Crippen LogP contribution >= 0.6 is 46.4 Å². The van der Waals surface area contributed by atoms with Gasteiger partial charge in [0.2, 0.25) is 0 Å². The van der Waals surface area contributed by atoms with Crippen LogP contribution in [0, 0.1) is 0 Å². The van der Waals surface area contributed by atoms with Gasteiger partial charge < -0.3 is 5.32 Å². The van der Waals surface area contributed by atoms with Crippen molar-refractivity contribution in [2.45, 2.75) is 0 Å². The molecule has 1 N–H and O–H groups in total. The van der Waals surface area contributed by atoms with Gasteiger partial charge >= 0.3 is 0 Å². The second-order valence-electron chi connectivity index (χ2n) is 4.90. The molecule has 0 atom stereocenters. The fraction of sp³-hybridized carbons (Fsp3) is 0. The number of carbonyl (C=O) groups is 2. The molecular formula is C16H8Cl4N2O2. The summed E-state index contributed by atoms with van der Waals surface area (Å²) in [6.07, 6.45) is 0. The molecule has 0 spiro atoms. The predicted octanol–water partition coefficient (Wildman–Crippen LogP) is 5.08. The fourth-order valence-electron chi connectivity index (χ4n) is 2.23. The van der Waals surface area contributed by atoms with E-state index in [1.54, 1.807) is 36.4 Å². The van der Waals surface area contributed by atoms with E-state index in [0.717, 1.165) is 4.90 Å². The zero-order valence-electron chi connectivity index (χ0n) is 11.8. The summed E-state index contributed by atoms with van der Waals surface area (Å²) < 4.78 is 0. The van der Waals surface area contributed by atoms with Gasteiger partial charge in [0.15, 0.2) is 0 Å². The van der Waals surface area contributed by atoms with E-state index in [-0.39, 0.29) is 10.7 Å². The van der Waals surface area contributed by atoms with E-state index in [9.17, 15) is 9.59 Å². The van der Waals surface area contributed by atoms with Crippen LogP contribution in [0.4, 0.5) is 11.4 Å². The number of imide groups is 1. The summed E-state index contributed by atoms with van der Waals surface area (Å²) in [5, 5.41) is 3.73. The topological polar surface area (TPSA) is 49.4 Å². The predicted molar refractivity (Wildman–Crippen MR) is 96.9 cm³/mol. The highest BCUT2D eigenvalue weighted by Crippen LogP contribution is 2.32. The average molecular weight is 402 g/mol. The van der Waals surface area contributed by atoms with E-state index >= 15 is 0 Å². The molecule has 1 aliphatic heterocycles. The molecule has 3 rings (SSSR count). The summed E-state index contributed by atoms with van der Waals surface area (Å²) in [4.78, 5) is 25.9. The van der Waals surface area contributed by atoms with Gasteiger partial charge in [-0.1, -0.05) is 52.5 Å². The molecule has 2 amide bonds. The van der Waals surface area contributed by atoms with Crippen LogP contribution < -0.4 is 10.2 Å². The molecule has 0 fully saturated rings. The summed E-state index contributed by atoms with van der Waals surface area (Å²) in [6, 6.07) is 11.0. The molecule has 0 saturated carbocycles. The number of nitrogens with one attached hydrogen (secondary N) is 1. The van der Waals surface area contributed by atoms with Gasteiger partial charge in [-0.05, 0) is 36.4 Å². The molecule has 0 radical (unpaired) electrons. The summed E-state index contributed by atoms with van der Waals surface area (Å²) in [6.45, 7) is 0. The Hall–Kier alpha value is -1.72. The van der Waals surface area contributed by atoms with E-state index in [4.69, 9.17) is 46.4 Å². The maximum Gasteiger partial charge on any atom is 0.283 e. The monoisotopic (exact) mass is 400 g/mol. The van der Waals surface area contributed by atoms with Gasteiger partial charge in [0.25, 0.3) is 11.8 Å². The second-order valence-corrected chi connectivity index (χ2v) is 6.58. The van der Waals surface area contributed by atoms with Crippen LogP contribution in [0.1, 0.15) is 0 Å². The normalized spacial score (nSPS) is 14.6. The average Bonchev–Trinajstić information content (AvgIpc) is 2.70. The van der Waals surface area contributed by atoms with E-state index < -0.39 is 11.8 Å². The fourth-order valence-corrected chi connectivity index (χ4v) is 3.15. The van der Waals surface area contributed by atoms with Crippen LogP contribution in [0.25, 0.3) is 0 Å². The van der Waals surface area contributed by atoms with Gasteiger partial charge in [-0.2, -0.15) is 0 Å². The molecule has 2 aromatic carbocycles. The third-order valence-electron chi connectivity index (χ3n) is 3.23. The minimum Gasteiger partial charge on any atom is -0.350 e. The van der Waals surface area contributed by atoms with Crippen molar-refractivity contribution in [3.05, 3.63) is 68.3 Å². The number of amides is 2. The summed E-state index contributed by atoms with van der Waals surface area (Å²) >= 11 is 23.8. The summed E-state index contributed by atoms with van der Waals surface area (Å²) in [5.41, 5.74) is 0.714. The molecule has 0 unspecified atom stereocenters. The van der Waals surface area contributed by atoms with Gasteiger partial charge in [0.05, 0.1) is 5.69 Å². The number of hydrogen-bond donors (Lipinski definition) is 1. The SMILES string of the molecule is O=C1C(Cl)=C(Nc2cc(Cl)cc(Cl)c2)C(=O)N1c1cccc(Cl)c1. The lowest BCUT2D eigenvalue weighted by Gasteiger charge is -2.15. The van der Waals surface area contributed by atoms with Crippen LogP contribution in [-0.4, -0.2) is 11.8 Å². The minimum atomic E-state index is -0.639. The van der Waals surface area contributed by atoms with E-state index in [2.05, 4.69) is 5.32 Å². The summed E-state index contributed by atoms with van der Waals surface area (Å²) in [7, 11) is 0. The quantitative estimate of drug-likeness (QED) is 0.729. The van der Waals surface area contributed by atoms with E-state index in [0.29, 0.717) is 26.4 Å². The first-order chi connectivity index (χ1) is 11.4. The standard InChI is InChI=1S/C16H8Cl4N2O2/c17-8-2-1-3-12(7-8)22-15(23)13(20)14(16(22)24)21-11-5-9(18)4-10(19)6-11/h1-7,21H. The van der Waals surface area contributed by atoms with Crippen molar-refractivity contribution in [3.63, 3.8) is 0 Å². The van der Waals surface area contributed by atoms with Crippen LogP contribution in [-0.2, 0) is 9.59 Å². The molecule has 0 saturated heterocycles. The molecule has 1 aliphatic rings. The van der Waals surface area contributed by atoms with Crippen molar-refractivity contribution < 1.29 is 9.59 Å². The first kappa shape index (κ1) is 17.1. The Morgan fingerprint density at radius 3 is 2.08 bits per heavy atom. The molecule has 1 heterocycles. The van der Waals surface area contributed by atoms with Crippen LogP contribution in [0.3, 0.4) is 0 Å². The Bertz CT molecular complexity index is 875. The van der Waals surface area contributed by atoms with Crippen LogP contribution in [0.15, 0.2) is 53.2 Å². The number of benzene rings is 2. The third-order valence-corrected chi connectivity index (χ3v) is 4.25. The lowest BCUT2D eigenvalue weighted by atomic mass is 10.3. The third kappa shape index (κ3) is 3.23. The molecule has 0 bridgehead atoms. The lowest BCUT2D eigenvalue weighted by Crippen LogP contribution is -2.32. The first-order valence-electron chi connectivity index (χ1n) is 6.64. The Kier molecular flexibility index (Phi) is 4.74. The molecule has 24 heavy (non-hydrogen) atoms. The van der Waals surface area contributed by atoms with Gasteiger partial charge in [0, 0.05) is 20.8 Å². The maximum absolute atomic E-state index is 12.6. The van der Waals surface area contributed by atoms with Crippen molar-refractivity contribution in [1.82, 2.24) is 0 Å². The number of halogens is 4. The van der Waals surface area contributed by atoms with Gasteiger partial charge in [-0.25, -0.2) is 4.90 Å². The zero-order chi connectivity index (χ0) is 17.4. The number of nitrogens with zero attached hydrogens (tertiary/aromatic N) is 1. The van der Waals surface area contributed by atoms with Crippen molar-refractivity contribution >= 4 is 69.6 Å². The van der Waals surface area contributed by atoms with E-state index in [1.807, 2.05) is 0 Å². The Morgan fingerprint density at radius 1 is 0.792 bits per heavy atom. The Labute approximate surface area is 157 Å². The number of hydrogen-bond acceptors (Lipinski definition) is 3. The lowest BCUT2D eigenvalue weighted by molar-refractivity contribution is -0.120. The number of rotatable bonds is 3. The highest BCUT2D eigenvalue weighted by Gasteiger charge is 2.39. The molecule has 4 nitrogen and oxygen atoms in total. The molecule has 122 valence electrons. The molecule has 0 aromatic heterocycles. The zero-order valence-corrected chi connectivity index (χ0v) is 14.8. The van der Waals surface area contributed by atoms with Crippen molar-refractivity contribution in [1.29, 1.82) is 0 Å². The highest BCUT2D eigenvalue weighted by molar-refractivity contribution is 6.53. The van der Waals surface area contributed by atoms with Crippen molar-refractivity contribution in [2.75, 3.05) is 10.2 Å². The number of anilines is 2. The van der Waals surface area contributed by atoms with Crippen molar-refractivity contribution in [2.24, 2.45) is 0 Å². The second kappa shape index (κ2) is 6.65. The number of carbonyl (C=O) groups excluding carboxylic acids is 2. The maximum atomic E-state index is 12.6. The highest BCUT2D eigenvalue weighted by atomic mass is 35.5. The first-order valence-corrected chi connectivity index (χ1v) is 8.15. The molecule has 2 aromatic rings. The summed E-state index contributed by atoms with van der Waals surface area (Å²) in [5.74, 6) is -1.23. The van der Waals surface area contributed by atoms with Crippen LogP contribution in [0.2, 0.25) is 15.1 Å². The minimum absolute atomic E-state index is 0.0556. The van der Waals surface area contributed by atoms with Gasteiger partial charge in [0.1, 0.15) is 10.7 Å². The molecule has 8 heteroatoms. The largest absolute Gasteiger partial charge is 0.350 e. The van der Waals surface area contributed by atoms with E-state index in [1.165, 1.54) is 6.07 Å². The van der Waals surface area contributed by atoms with Gasteiger partial charge in [-0.3, -0.25) is 9.59 Å². The van der Waals surface area contributed by atoms with Gasteiger partial charge in [-0.15, -0.1) is 0 Å². The molecular weight excluding hydrogens is 394 g/mol. The van der Waals surface area contributed by atoms with Crippen molar-refractivity contribution in [3.8, 4) is 0 Å². The Morgan fingerprint density at radius 2 is 1.46 bits per heavy atom. The smallest absolute Gasteiger partial charge is 0.283 e. The molecule has 0 aliphatic carbocycles.